The number of carbonyl (C=O) groups excluding carboxylic acids is 1. The average molecular weight is 208 g/mol. The lowest BCUT2D eigenvalue weighted by molar-refractivity contribution is -0.147. The third-order valence-electron chi connectivity index (χ3n) is 2.38. The molecule has 0 aromatic carbocycles. The van der Waals surface area contributed by atoms with Gasteiger partial charge in [-0.05, 0) is 25.2 Å². The van der Waals surface area contributed by atoms with Crippen LogP contribution in [0.2, 0.25) is 0 Å². The topological polar surface area (TPSA) is 26.3 Å². The molecule has 1 aliphatic rings. The minimum atomic E-state index is -0.156. The largest absolute Gasteiger partial charge is 0.449 e. The van der Waals surface area contributed by atoms with E-state index in [0.29, 0.717) is 12.3 Å². The molecule has 15 heavy (non-hydrogen) atoms. The zero-order chi connectivity index (χ0) is 11.1. The van der Waals surface area contributed by atoms with E-state index in [0.717, 1.165) is 19.3 Å². The first-order valence-electron chi connectivity index (χ1n) is 5.86. The summed E-state index contributed by atoms with van der Waals surface area (Å²) in [5, 5.41) is 0. The summed E-state index contributed by atoms with van der Waals surface area (Å²) in [4.78, 5) is 11.4. The van der Waals surface area contributed by atoms with Gasteiger partial charge >= 0.3 is 5.97 Å². The smallest absolute Gasteiger partial charge is 0.307 e. The van der Waals surface area contributed by atoms with Crippen molar-refractivity contribution in [3.63, 3.8) is 0 Å². The molecule has 0 fully saturated rings. The third kappa shape index (κ3) is 5.47. The van der Waals surface area contributed by atoms with Crippen molar-refractivity contribution >= 4 is 5.97 Å². The van der Waals surface area contributed by atoms with Crippen LogP contribution in [-0.4, -0.2) is 12.1 Å². The fourth-order valence-corrected chi connectivity index (χ4v) is 1.61. The summed E-state index contributed by atoms with van der Waals surface area (Å²) in [6, 6.07) is 0. The number of esters is 1. The van der Waals surface area contributed by atoms with E-state index in [4.69, 9.17) is 4.74 Å². The van der Waals surface area contributed by atoms with Crippen LogP contribution < -0.4 is 0 Å². The van der Waals surface area contributed by atoms with Crippen LogP contribution in [0.25, 0.3) is 0 Å². The van der Waals surface area contributed by atoms with Crippen LogP contribution in [0.1, 0.15) is 52.4 Å². The summed E-state index contributed by atoms with van der Waals surface area (Å²) in [5.74, 6) is 6.36. The quantitative estimate of drug-likeness (QED) is 0.526. The van der Waals surface area contributed by atoms with Crippen molar-refractivity contribution in [3.05, 3.63) is 0 Å². The molecule has 0 saturated carbocycles. The Bertz CT molecular complexity index is 257. The SMILES string of the molecule is CC(C)CC(=O)OC1C#CCCCCC1. The maximum atomic E-state index is 11.4. The van der Waals surface area contributed by atoms with Crippen molar-refractivity contribution in [1.82, 2.24) is 0 Å². The van der Waals surface area contributed by atoms with E-state index in [1.807, 2.05) is 13.8 Å². The molecule has 1 atom stereocenters. The van der Waals surface area contributed by atoms with Crippen molar-refractivity contribution < 1.29 is 9.53 Å². The normalized spacial score (nSPS) is 21.1. The Kier molecular flexibility index (Phi) is 5.25. The van der Waals surface area contributed by atoms with Gasteiger partial charge in [-0.25, -0.2) is 0 Å². The highest BCUT2D eigenvalue weighted by Crippen LogP contribution is 2.12. The van der Waals surface area contributed by atoms with E-state index in [2.05, 4.69) is 11.8 Å². The molecule has 1 rings (SSSR count). The molecular formula is C13H20O2. The molecule has 0 heterocycles. The minimum Gasteiger partial charge on any atom is -0.449 e. The molecule has 0 spiro atoms. The van der Waals surface area contributed by atoms with Gasteiger partial charge in [-0.15, -0.1) is 0 Å². The zero-order valence-corrected chi connectivity index (χ0v) is 9.71. The van der Waals surface area contributed by atoms with E-state index < -0.39 is 0 Å². The second-order valence-electron chi connectivity index (χ2n) is 4.50. The Morgan fingerprint density at radius 2 is 2.20 bits per heavy atom. The van der Waals surface area contributed by atoms with Gasteiger partial charge in [-0.1, -0.05) is 32.1 Å². The fraction of sp³-hybridized carbons (Fsp3) is 0.769. The van der Waals surface area contributed by atoms with Gasteiger partial charge in [0.25, 0.3) is 0 Å². The highest BCUT2D eigenvalue weighted by Gasteiger charge is 2.13. The number of hydrogen-bond donors (Lipinski definition) is 0. The standard InChI is InChI=1S/C13H20O2/c1-11(2)10-13(14)15-12-8-6-4-3-5-7-9-12/h11-12H,3-6,8,10H2,1-2H3. The van der Waals surface area contributed by atoms with Gasteiger partial charge in [0.1, 0.15) is 0 Å². The molecule has 2 nitrogen and oxygen atoms in total. The summed E-state index contributed by atoms with van der Waals surface area (Å²) in [6.07, 6.45) is 5.69. The summed E-state index contributed by atoms with van der Waals surface area (Å²) in [7, 11) is 0. The molecule has 1 unspecified atom stereocenters. The van der Waals surface area contributed by atoms with Crippen molar-refractivity contribution in [2.45, 2.75) is 58.5 Å². The van der Waals surface area contributed by atoms with Crippen LogP contribution in [0.3, 0.4) is 0 Å². The Morgan fingerprint density at radius 3 is 2.93 bits per heavy atom. The minimum absolute atomic E-state index is 0.107. The Hall–Kier alpha value is -0.970. The first kappa shape index (κ1) is 12.1. The molecule has 2 heteroatoms. The van der Waals surface area contributed by atoms with Crippen LogP contribution >= 0.6 is 0 Å². The predicted molar refractivity (Wildman–Crippen MR) is 60.2 cm³/mol. The van der Waals surface area contributed by atoms with Gasteiger partial charge in [0.15, 0.2) is 6.10 Å². The summed E-state index contributed by atoms with van der Waals surface area (Å²) >= 11 is 0. The molecule has 0 aromatic rings. The molecule has 0 aromatic heterocycles. The van der Waals surface area contributed by atoms with Crippen molar-refractivity contribution in [2.75, 3.05) is 0 Å². The van der Waals surface area contributed by atoms with Gasteiger partial charge in [-0.3, -0.25) is 4.79 Å². The predicted octanol–water partition coefficient (Wildman–Crippen LogP) is 2.91. The Labute approximate surface area is 92.4 Å². The van der Waals surface area contributed by atoms with Crippen molar-refractivity contribution in [2.24, 2.45) is 5.92 Å². The van der Waals surface area contributed by atoms with Gasteiger partial charge < -0.3 is 4.74 Å². The molecule has 84 valence electrons. The van der Waals surface area contributed by atoms with Gasteiger partial charge in [0, 0.05) is 12.8 Å². The third-order valence-corrected chi connectivity index (χ3v) is 2.38. The molecule has 1 aliphatic carbocycles. The lowest BCUT2D eigenvalue weighted by Gasteiger charge is -2.14. The van der Waals surface area contributed by atoms with Crippen LogP contribution in [-0.2, 0) is 9.53 Å². The highest BCUT2D eigenvalue weighted by atomic mass is 16.5. The lowest BCUT2D eigenvalue weighted by Crippen LogP contribution is -2.18. The molecular weight excluding hydrogens is 188 g/mol. The number of rotatable bonds is 3. The van der Waals surface area contributed by atoms with Crippen LogP contribution in [0.5, 0.6) is 0 Å². The van der Waals surface area contributed by atoms with E-state index >= 15 is 0 Å². The molecule has 0 bridgehead atoms. The molecule has 0 radical (unpaired) electrons. The van der Waals surface area contributed by atoms with Gasteiger partial charge in [-0.2, -0.15) is 0 Å². The summed E-state index contributed by atoms with van der Waals surface area (Å²) in [6.45, 7) is 4.04. The maximum Gasteiger partial charge on any atom is 0.307 e. The molecule has 0 aliphatic heterocycles. The number of carbonyl (C=O) groups is 1. The van der Waals surface area contributed by atoms with E-state index in [1.54, 1.807) is 0 Å². The zero-order valence-electron chi connectivity index (χ0n) is 9.71. The first-order chi connectivity index (χ1) is 7.18. The Balaban J connectivity index is 2.37. The average Bonchev–Trinajstić information content (AvgIpc) is 2.08. The second-order valence-corrected chi connectivity index (χ2v) is 4.50. The van der Waals surface area contributed by atoms with Crippen molar-refractivity contribution in [3.8, 4) is 11.8 Å². The summed E-state index contributed by atoms with van der Waals surface area (Å²) < 4.78 is 5.33. The number of hydrogen-bond acceptors (Lipinski definition) is 2. The first-order valence-corrected chi connectivity index (χ1v) is 5.86. The Morgan fingerprint density at radius 1 is 1.40 bits per heavy atom. The molecule has 0 amide bonds. The van der Waals surface area contributed by atoms with Crippen LogP contribution in [0.4, 0.5) is 0 Å². The van der Waals surface area contributed by atoms with E-state index in [9.17, 15) is 4.79 Å². The molecule has 0 saturated heterocycles. The highest BCUT2D eigenvalue weighted by molar-refractivity contribution is 5.70. The fourth-order valence-electron chi connectivity index (χ4n) is 1.61. The molecule has 0 N–H and O–H groups in total. The van der Waals surface area contributed by atoms with Crippen LogP contribution in [0.15, 0.2) is 0 Å². The monoisotopic (exact) mass is 208 g/mol. The van der Waals surface area contributed by atoms with E-state index in [-0.39, 0.29) is 12.1 Å². The summed E-state index contributed by atoms with van der Waals surface area (Å²) in [5.41, 5.74) is 0. The van der Waals surface area contributed by atoms with Crippen LogP contribution in [0, 0.1) is 17.8 Å². The maximum absolute atomic E-state index is 11.4. The van der Waals surface area contributed by atoms with Gasteiger partial charge in [0.2, 0.25) is 0 Å². The number of ether oxygens (including phenoxy) is 1. The lowest BCUT2D eigenvalue weighted by atomic mass is 10.1. The second kappa shape index (κ2) is 6.50. The van der Waals surface area contributed by atoms with Crippen molar-refractivity contribution in [1.29, 1.82) is 0 Å². The van der Waals surface area contributed by atoms with E-state index in [1.165, 1.54) is 12.8 Å². The van der Waals surface area contributed by atoms with Gasteiger partial charge in [0.05, 0.1) is 0 Å².